The second kappa shape index (κ2) is 5.64. The second-order valence-electron chi connectivity index (χ2n) is 5.49. The summed E-state index contributed by atoms with van der Waals surface area (Å²) in [5.41, 5.74) is 3.32. The number of aromatic hydroxyl groups is 1. The Bertz CT molecular complexity index is 849. The van der Waals surface area contributed by atoms with Crippen molar-refractivity contribution in [3.05, 3.63) is 59.4 Å². The minimum atomic E-state index is -0.0571. The van der Waals surface area contributed by atoms with Crippen molar-refractivity contribution in [3.8, 4) is 5.75 Å². The molecule has 0 bridgehead atoms. The van der Waals surface area contributed by atoms with E-state index in [1.54, 1.807) is 18.2 Å². The zero-order valence-corrected chi connectivity index (χ0v) is 12.7. The van der Waals surface area contributed by atoms with Gasteiger partial charge in [-0.1, -0.05) is 23.8 Å². The van der Waals surface area contributed by atoms with Gasteiger partial charge >= 0.3 is 0 Å². The number of hydrogen-bond donors (Lipinski definition) is 1. The molecule has 0 saturated carbocycles. The van der Waals surface area contributed by atoms with Crippen molar-refractivity contribution in [1.29, 1.82) is 0 Å². The number of nitrogens with zero attached hydrogens (tertiary/aromatic N) is 2. The van der Waals surface area contributed by atoms with Crippen LogP contribution in [0, 0.1) is 13.8 Å². The summed E-state index contributed by atoms with van der Waals surface area (Å²) >= 11 is 0. The van der Waals surface area contributed by atoms with E-state index in [0.717, 1.165) is 22.4 Å². The number of benzene rings is 2. The lowest BCUT2D eigenvalue weighted by atomic mass is 10.0. The van der Waals surface area contributed by atoms with Crippen LogP contribution >= 0.6 is 0 Å². The molecule has 0 fully saturated rings. The highest BCUT2D eigenvalue weighted by Crippen LogP contribution is 2.21. The van der Waals surface area contributed by atoms with E-state index in [9.17, 15) is 9.90 Å². The van der Waals surface area contributed by atoms with Crippen LogP contribution in [0.1, 0.15) is 28.2 Å². The number of carbonyl (C=O) groups excluding carboxylic acids is 1. The van der Waals surface area contributed by atoms with Crippen LogP contribution in [0.3, 0.4) is 0 Å². The van der Waals surface area contributed by atoms with Crippen LogP contribution in [0.25, 0.3) is 11.0 Å². The number of para-hydroxylation sites is 2. The third kappa shape index (κ3) is 2.60. The number of phenolic OH excluding ortho intramolecular Hbond substituents is 1. The molecule has 0 unspecified atom stereocenters. The summed E-state index contributed by atoms with van der Waals surface area (Å²) in [6.07, 6.45) is 0.332. The Morgan fingerprint density at radius 2 is 1.95 bits per heavy atom. The van der Waals surface area contributed by atoms with Crippen molar-refractivity contribution in [3.63, 3.8) is 0 Å². The molecule has 1 heterocycles. The van der Waals surface area contributed by atoms with E-state index in [4.69, 9.17) is 0 Å². The Balaban J connectivity index is 1.83. The van der Waals surface area contributed by atoms with Gasteiger partial charge in [-0.25, -0.2) is 4.98 Å². The number of aryl methyl sites for hydroxylation is 3. The topological polar surface area (TPSA) is 55.1 Å². The van der Waals surface area contributed by atoms with Crippen LogP contribution in [0.4, 0.5) is 0 Å². The molecule has 4 heteroatoms. The average molecular weight is 294 g/mol. The van der Waals surface area contributed by atoms with Crippen molar-refractivity contribution >= 4 is 16.8 Å². The zero-order chi connectivity index (χ0) is 15.7. The van der Waals surface area contributed by atoms with Crippen molar-refractivity contribution in [2.45, 2.75) is 26.8 Å². The smallest absolute Gasteiger partial charge is 0.168 e. The first-order valence-corrected chi connectivity index (χ1v) is 7.31. The number of rotatable bonds is 4. The average Bonchev–Trinajstić information content (AvgIpc) is 2.82. The standard InChI is InChI=1S/C18H18N2O2/c1-12-7-8-17(21)14(11-12)18(22)9-10-20-13(2)19-15-5-3-4-6-16(15)20/h3-8,11,21H,9-10H2,1-2H3. The molecule has 22 heavy (non-hydrogen) atoms. The van der Waals surface area contributed by atoms with E-state index >= 15 is 0 Å². The molecule has 112 valence electrons. The molecule has 1 aromatic heterocycles. The molecule has 1 N–H and O–H groups in total. The maximum atomic E-state index is 12.4. The predicted molar refractivity (Wildman–Crippen MR) is 86.3 cm³/mol. The quantitative estimate of drug-likeness (QED) is 0.747. The van der Waals surface area contributed by atoms with Crippen LogP contribution in [0.5, 0.6) is 5.75 Å². The first kappa shape index (κ1) is 14.3. The van der Waals surface area contributed by atoms with E-state index in [2.05, 4.69) is 4.98 Å². The van der Waals surface area contributed by atoms with Gasteiger partial charge in [0.1, 0.15) is 11.6 Å². The highest BCUT2D eigenvalue weighted by molar-refractivity contribution is 5.98. The molecule has 3 rings (SSSR count). The molecule has 0 radical (unpaired) electrons. The van der Waals surface area contributed by atoms with Gasteiger partial charge in [0.15, 0.2) is 5.78 Å². The fourth-order valence-corrected chi connectivity index (χ4v) is 2.70. The monoisotopic (exact) mass is 294 g/mol. The van der Waals surface area contributed by atoms with E-state index in [0.29, 0.717) is 18.5 Å². The summed E-state index contributed by atoms with van der Waals surface area (Å²) in [7, 11) is 0. The Morgan fingerprint density at radius 3 is 2.77 bits per heavy atom. The van der Waals surface area contributed by atoms with Crippen molar-refractivity contribution in [2.24, 2.45) is 0 Å². The van der Waals surface area contributed by atoms with Crippen molar-refractivity contribution < 1.29 is 9.90 Å². The van der Waals surface area contributed by atoms with Crippen LogP contribution < -0.4 is 0 Å². The van der Waals surface area contributed by atoms with E-state index in [1.165, 1.54) is 0 Å². The van der Waals surface area contributed by atoms with Gasteiger partial charge in [-0.2, -0.15) is 0 Å². The van der Waals surface area contributed by atoms with Crippen LogP contribution in [0.15, 0.2) is 42.5 Å². The molecule has 0 saturated heterocycles. The van der Waals surface area contributed by atoms with Gasteiger partial charge in [0.05, 0.1) is 16.6 Å². The van der Waals surface area contributed by atoms with Gasteiger partial charge in [-0.05, 0) is 38.1 Å². The van der Waals surface area contributed by atoms with Crippen LogP contribution in [-0.2, 0) is 6.54 Å². The van der Waals surface area contributed by atoms with Crippen LogP contribution in [-0.4, -0.2) is 20.4 Å². The largest absolute Gasteiger partial charge is 0.507 e. The summed E-state index contributed by atoms with van der Waals surface area (Å²) in [5, 5.41) is 9.85. The number of imidazole rings is 1. The highest BCUT2D eigenvalue weighted by atomic mass is 16.3. The molecule has 0 aliphatic carbocycles. The summed E-state index contributed by atoms with van der Waals surface area (Å²) in [6, 6.07) is 13.0. The van der Waals surface area contributed by atoms with Crippen molar-refractivity contribution in [2.75, 3.05) is 0 Å². The predicted octanol–water partition coefficient (Wildman–Crippen LogP) is 3.63. The third-order valence-electron chi connectivity index (χ3n) is 3.86. The Labute approximate surface area is 129 Å². The Morgan fingerprint density at radius 1 is 1.18 bits per heavy atom. The zero-order valence-electron chi connectivity index (χ0n) is 12.7. The van der Waals surface area contributed by atoms with E-state index in [1.807, 2.05) is 42.7 Å². The number of hydrogen-bond acceptors (Lipinski definition) is 3. The Hall–Kier alpha value is -2.62. The third-order valence-corrected chi connectivity index (χ3v) is 3.86. The molecule has 3 aromatic rings. The summed E-state index contributed by atoms with van der Waals surface area (Å²) in [6.45, 7) is 4.40. The highest BCUT2D eigenvalue weighted by Gasteiger charge is 2.13. The second-order valence-corrected chi connectivity index (χ2v) is 5.49. The molecule has 0 amide bonds. The fraction of sp³-hybridized carbons (Fsp3) is 0.222. The van der Waals surface area contributed by atoms with Gasteiger partial charge in [0, 0.05) is 13.0 Å². The number of carbonyl (C=O) groups is 1. The molecule has 0 aliphatic rings. The first-order chi connectivity index (χ1) is 10.6. The fourth-order valence-electron chi connectivity index (χ4n) is 2.70. The number of ketones is 1. The van der Waals surface area contributed by atoms with Crippen molar-refractivity contribution in [1.82, 2.24) is 9.55 Å². The SMILES string of the molecule is Cc1ccc(O)c(C(=O)CCn2c(C)nc3ccccc32)c1. The summed E-state index contributed by atoms with van der Waals surface area (Å²) < 4.78 is 2.04. The van der Waals surface area contributed by atoms with Gasteiger partial charge in [-0.15, -0.1) is 0 Å². The maximum Gasteiger partial charge on any atom is 0.168 e. The van der Waals surface area contributed by atoms with E-state index < -0.39 is 0 Å². The maximum absolute atomic E-state index is 12.4. The van der Waals surface area contributed by atoms with Gasteiger partial charge in [0.25, 0.3) is 0 Å². The molecule has 4 nitrogen and oxygen atoms in total. The van der Waals surface area contributed by atoms with Gasteiger partial charge in [0.2, 0.25) is 0 Å². The number of aromatic nitrogens is 2. The lowest BCUT2D eigenvalue weighted by Gasteiger charge is -2.08. The van der Waals surface area contributed by atoms with E-state index in [-0.39, 0.29) is 11.5 Å². The number of Topliss-reactive ketones (excluding diaryl/α,β-unsaturated/α-hetero) is 1. The lowest BCUT2D eigenvalue weighted by Crippen LogP contribution is -2.08. The summed E-state index contributed by atoms with van der Waals surface area (Å²) in [5.74, 6) is 0.878. The number of fused-ring (bicyclic) bond motifs is 1. The minimum absolute atomic E-state index is 0.0443. The lowest BCUT2D eigenvalue weighted by molar-refractivity contribution is 0.0974. The molecule has 0 spiro atoms. The molecule has 2 aromatic carbocycles. The normalized spacial score (nSPS) is 11.0. The van der Waals surface area contributed by atoms with Crippen LogP contribution in [0.2, 0.25) is 0 Å². The molecular weight excluding hydrogens is 276 g/mol. The minimum Gasteiger partial charge on any atom is -0.507 e. The molecular formula is C18H18N2O2. The van der Waals surface area contributed by atoms with Gasteiger partial charge < -0.3 is 9.67 Å². The number of phenols is 1. The molecule has 0 aliphatic heterocycles. The van der Waals surface area contributed by atoms with Gasteiger partial charge in [-0.3, -0.25) is 4.79 Å². The Kier molecular flexibility index (Phi) is 3.67. The molecule has 0 atom stereocenters. The summed E-state index contributed by atoms with van der Waals surface area (Å²) in [4.78, 5) is 16.9. The first-order valence-electron chi connectivity index (χ1n) is 7.31.